The zero-order chi connectivity index (χ0) is 17.0. The Hall–Kier alpha value is -3.22. The summed E-state index contributed by atoms with van der Waals surface area (Å²) in [5, 5.41) is 11.0. The van der Waals surface area contributed by atoms with Gasteiger partial charge in [0.1, 0.15) is 0 Å². The van der Waals surface area contributed by atoms with Gasteiger partial charge in [-0.25, -0.2) is 0 Å². The van der Waals surface area contributed by atoms with E-state index in [1.165, 1.54) is 0 Å². The van der Waals surface area contributed by atoms with Gasteiger partial charge in [-0.2, -0.15) is 5.10 Å². The van der Waals surface area contributed by atoms with Crippen molar-refractivity contribution < 1.29 is 19.0 Å². The largest absolute Gasteiger partial charge is 0.493 e. The van der Waals surface area contributed by atoms with E-state index in [4.69, 9.17) is 14.2 Å². The number of fused-ring (bicyclic) bond motifs is 3. The highest BCUT2D eigenvalue weighted by molar-refractivity contribution is 5.98. The summed E-state index contributed by atoms with van der Waals surface area (Å²) in [5.41, 5.74) is 3.70. The summed E-state index contributed by atoms with van der Waals surface area (Å²) < 4.78 is 16.4. The zero-order valence-electron chi connectivity index (χ0n) is 13.5. The fraction of sp³-hybridized carbons (Fsp3) is 0.222. The molecule has 126 valence electrons. The molecular formula is C18H15N3O4. The van der Waals surface area contributed by atoms with Crippen molar-refractivity contribution in [3.8, 4) is 17.2 Å². The predicted molar refractivity (Wildman–Crippen MR) is 90.3 cm³/mol. The number of nitrogens with one attached hydrogen (secondary N) is 2. The van der Waals surface area contributed by atoms with Crippen LogP contribution in [-0.2, 0) is 4.79 Å². The molecule has 0 spiro atoms. The van der Waals surface area contributed by atoms with Gasteiger partial charge in [-0.15, -0.1) is 0 Å². The molecular weight excluding hydrogens is 322 g/mol. The molecule has 2 aliphatic rings. The number of hydrogen-bond donors (Lipinski definition) is 2. The van der Waals surface area contributed by atoms with Crippen molar-refractivity contribution in [3.63, 3.8) is 0 Å². The topological polar surface area (TPSA) is 85.5 Å². The van der Waals surface area contributed by atoms with Crippen LogP contribution in [0.25, 0.3) is 10.9 Å². The molecule has 0 fully saturated rings. The van der Waals surface area contributed by atoms with Crippen LogP contribution in [0.15, 0.2) is 30.5 Å². The van der Waals surface area contributed by atoms with E-state index < -0.39 is 0 Å². The maximum absolute atomic E-state index is 12.2. The van der Waals surface area contributed by atoms with Gasteiger partial charge in [-0.1, -0.05) is 0 Å². The Labute approximate surface area is 142 Å². The quantitative estimate of drug-likeness (QED) is 0.751. The third kappa shape index (κ3) is 2.12. The molecule has 1 atom stereocenters. The van der Waals surface area contributed by atoms with Gasteiger partial charge < -0.3 is 19.5 Å². The number of amides is 1. The van der Waals surface area contributed by atoms with Gasteiger partial charge in [0, 0.05) is 23.4 Å². The van der Waals surface area contributed by atoms with Crippen molar-refractivity contribution in [1.29, 1.82) is 0 Å². The third-order valence-corrected chi connectivity index (χ3v) is 4.73. The second kappa shape index (κ2) is 5.14. The molecule has 25 heavy (non-hydrogen) atoms. The van der Waals surface area contributed by atoms with E-state index in [0.29, 0.717) is 23.7 Å². The van der Waals surface area contributed by atoms with Crippen LogP contribution in [0, 0.1) is 0 Å². The van der Waals surface area contributed by atoms with Crippen molar-refractivity contribution in [3.05, 3.63) is 41.6 Å². The zero-order valence-corrected chi connectivity index (χ0v) is 13.5. The van der Waals surface area contributed by atoms with Crippen molar-refractivity contribution in [2.24, 2.45) is 0 Å². The maximum atomic E-state index is 12.2. The standard InChI is InChI=1S/C18H15N3O4/c1-23-15-3-9(4-16-18(15)25-8-24-16)11-5-17(22)20-14-6-13-10(2-12(11)14)7-19-21-13/h2-4,6-7,11H,5,8H2,1H3,(H,19,21)(H,20,22)/t11-/m1/s1. The van der Waals surface area contributed by atoms with E-state index in [9.17, 15) is 4.79 Å². The number of aromatic amines is 1. The van der Waals surface area contributed by atoms with E-state index >= 15 is 0 Å². The molecule has 3 heterocycles. The molecule has 0 radical (unpaired) electrons. The van der Waals surface area contributed by atoms with Crippen molar-refractivity contribution >= 4 is 22.5 Å². The molecule has 3 aromatic rings. The van der Waals surface area contributed by atoms with Gasteiger partial charge in [-0.3, -0.25) is 9.89 Å². The van der Waals surface area contributed by atoms with Gasteiger partial charge in [0.25, 0.3) is 0 Å². The Morgan fingerprint density at radius 2 is 2.16 bits per heavy atom. The summed E-state index contributed by atoms with van der Waals surface area (Å²) in [5.74, 6) is 1.75. The minimum Gasteiger partial charge on any atom is -0.493 e. The molecule has 7 heteroatoms. The number of rotatable bonds is 2. The number of H-pyrrole nitrogens is 1. The molecule has 7 nitrogen and oxygen atoms in total. The van der Waals surface area contributed by atoms with Crippen molar-refractivity contribution in [1.82, 2.24) is 10.2 Å². The summed E-state index contributed by atoms with van der Waals surface area (Å²) in [6.45, 7) is 0.173. The van der Waals surface area contributed by atoms with E-state index in [1.807, 2.05) is 18.2 Å². The molecule has 5 rings (SSSR count). The second-order valence-corrected chi connectivity index (χ2v) is 6.16. The normalized spacial score (nSPS) is 18.1. The molecule has 0 saturated carbocycles. The van der Waals surface area contributed by atoms with Gasteiger partial charge >= 0.3 is 0 Å². The summed E-state index contributed by atoms with van der Waals surface area (Å²) in [7, 11) is 1.59. The smallest absolute Gasteiger partial charge is 0.231 e. The average molecular weight is 337 g/mol. The lowest BCUT2D eigenvalue weighted by molar-refractivity contribution is -0.116. The molecule has 0 saturated heterocycles. The second-order valence-electron chi connectivity index (χ2n) is 6.16. The monoisotopic (exact) mass is 337 g/mol. The number of aromatic nitrogens is 2. The Bertz CT molecular complexity index is 1010. The summed E-state index contributed by atoms with van der Waals surface area (Å²) in [6, 6.07) is 7.83. The molecule has 0 bridgehead atoms. The van der Waals surface area contributed by atoms with Crippen molar-refractivity contribution in [2.75, 3.05) is 19.2 Å². The lowest BCUT2D eigenvalue weighted by atomic mass is 9.84. The number of anilines is 1. The molecule has 1 amide bonds. The first kappa shape index (κ1) is 14.2. The third-order valence-electron chi connectivity index (χ3n) is 4.73. The minimum atomic E-state index is -0.0913. The van der Waals surface area contributed by atoms with Crippen LogP contribution < -0.4 is 19.5 Å². The lowest BCUT2D eigenvalue weighted by Gasteiger charge is -2.26. The van der Waals surface area contributed by atoms with Crippen LogP contribution in [0.5, 0.6) is 17.2 Å². The van der Waals surface area contributed by atoms with E-state index in [0.717, 1.165) is 27.7 Å². The lowest BCUT2D eigenvalue weighted by Crippen LogP contribution is -2.23. The SMILES string of the molecule is COc1cc([C@H]2CC(=O)Nc3cc4[nH]ncc4cc32)cc2c1OCO2. The van der Waals surface area contributed by atoms with Gasteiger partial charge in [0.2, 0.25) is 18.4 Å². The van der Waals surface area contributed by atoms with Crippen molar-refractivity contribution in [2.45, 2.75) is 12.3 Å². The molecule has 2 N–H and O–H groups in total. The maximum Gasteiger partial charge on any atom is 0.231 e. The molecule has 2 aromatic carbocycles. The first-order valence-electron chi connectivity index (χ1n) is 7.97. The molecule has 1 aromatic heterocycles. The number of carbonyl (C=O) groups excluding carboxylic acids is 1. The van der Waals surface area contributed by atoms with E-state index in [1.54, 1.807) is 13.3 Å². The highest BCUT2D eigenvalue weighted by atomic mass is 16.7. The average Bonchev–Trinajstić information content (AvgIpc) is 3.26. The predicted octanol–water partition coefficient (Wildman–Crippen LogP) is 2.77. The Morgan fingerprint density at radius 1 is 1.24 bits per heavy atom. The Kier molecular flexibility index (Phi) is 2.91. The molecule has 2 aliphatic heterocycles. The Morgan fingerprint density at radius 3 is 3.04 bits per heavy atom. The summed E-state index contributed by atoms with van der Waals surface area (Å²) in [6.07, 6.45) is 2.14. The van der Waals surface area contributed by atoms with Gasteiger partial charge in [0.05, 0.1) is 18.8 Å². The van der Waals surface area contributed by atoms with Crippen LogP contribution in [-0.4, -0.2) is 30.0 Å². The first-order valence-corrected chi connectivity index (χ1v) is 7.97. The number of ether oxygens (including phenoxy) is 3. The van der Waals surface area contributed by atoms with Gasteiger partial charge in [0.15, 0.2) is 11.5 Å². The van der Waals surface area contributed by atoms with E-state index in [-0.39, 0.29) is 18.6 Å². The van der Waals surface area contributed by atoms with Crippen LogP contribution in [0.2, 0.25) is 0 Å². The number of benzene rings is 2. The summed E-state index contributed by atoms with van der Waals surface area (Å²) >= 11 is 0. The fourth-order valence-corrected chi connectivity index (χ4v) is 3.55. The Balaban J connectivity index is 1.69. The first-order chi connectivity index (χ1) is 12.2. The van der Waals surface area contributed by atoms with Crippen LogP contribution >= 0.6 is 0 Å². The number of nitrogens with zero attached hydrogens (tertiary/aromatic N) is 1. The molecule has 0 aliphatic carbocycles. The van der Waals surface area contributed by atoms with Gasteiger partial charge in [-0.05, 0) is 35.4 Å². The minimum absolute atomic E-state index is 0.0204. The van der Waals surface area contributed by atoms with Crippen LogP contribution in [0.3, 0.4) is 0 Å². The number of methoxy groups -OCH3 is 1. The van der Waals surface area contributed by atoms with Crippen LogP contribution in [0.4, 0.5) is 5.69 Å². The molecule has 0 unspecified atom stereocenters. The fourth-order valence-electron chi connectivity index (χ4n) is 3.55. The number of carbonyl (C=O) groups is 1. The van der Waals surface area contributed by atoms with Crippen LogP contribution in [0.1, 0.15) is 23.5 Å². The summed E-state index contributed by atoms with van der Waals surface area (Å²) in [4.78, 5) is 12.2. The highest BCUT2D eigenvalue weighted by Gasteiger charge is 2.30. The highest BCUT2D eigenvalue weighted by Crippen LogP contribution is 2.46. The van der Waals surface area contributed by atoms with E-state index in [2.05, 4.69) is 21.6 Å². The number of hydrogen-bond acceptors (Lipinski definition) is 5.